The number of amides is 2. The highest BCUT2D eigenvalue weighted by molar-refractivity contribution is 7.92. The van der Waals surface area contributed by atoms with Gasteiger partial charge in [0.05, 0.1) is 11.9 Å². The van der Waals surface area contributed by atoms with Crippen LogP contribution < -0.4 is 9.62 Å². The zero-order chi connectivity index (χ0) is 24.8. The highest BCUT2D eigenvalue weighted by Gasteiger charge is 2.31. The van der Waals surface area contributed by atoms with Gasteiger partial charge in [0.15, 0.2) is 0 Å². The minimum atomic E-state index is -3.73. The third-order valence-corrected chi connectivity index (χ3v) is 6.90. The molecule has 0 heterocycles. The Kier molecular flexibility index (Phi) is 9.05. The molecule has 33 heavy (non-hydrogen) atoms. The molecule has 0 spiro atoms. The second kappa shape index (κ2) is 11.3. The lowest BCUT2D eigenvalue weighted by molar-refractivity contribution is -0.140. The summed E-state index contributed by atoms with van der Waals surface area (Å²) in [6.07, 6.45) is 1.48. The van der Waals surface area contributed by atoms with Gasteiger partial charge in [-0.1, -0.05) is 57.2 Å². The molecule has 2 aromatic rings. The Bertz CT molecular complexity index is 1070. The lowest BCUT2D eigenvalue weighted by Crippen LogP contribution is -2.51. The van der Waals surface area contributed by atoms with Crippen LogP contribution in [0.3, 0.4) is 0 Å². The maximum Gasteiger partial charge on any atom is 0.244 e. The van der Waals surface area contributed by atoms with Gasteiger partial charge in [0, 0.05) is 13.6 Å². The molecule has 2 aromatic carbocycles. The number of sulfonamides is 1. The third-order valence-electron chi connectivity index (χ3n) is 5.76. The molecule has 8 heteroatoms. The van der Waals surface area contributed by atoms with Gasteiger partial charge in [0.25, 0.3) is 0 Å². The molecular weight excluding hydrogens is 438 g/mol. The second-order valence-corrected chi connectivity index (χ2v) is 10.4. The van der Waals surface area contributed by atoms with Gasteiger partial charge in [-0.2, -0.15) is 0 Å². The van der Waals surface area contributed by atoms with Crippen molar-refractivity contribution in [1.82, 2.24) is 10.2 Å². The van der Waals surface area contributed by atoms with Crippen LogP contribution in [0.1, 0.15) is 49.8 Å². The molecule has 180 valence electrons. The van der Waals surface area contributed by atoms with Crippen molar-refractivity contribution >= 4 is 27.5 Å². The number of carbonyl (C=O) groups excluding carboxylic acids is 2. The minimum Gasteiger partial charge on any atom is -0.357 e. The number of aryl methyl sites for hydroxylation is 1. The summed E-state index contributed by atoms with van der Waals surface area (Å²) in [5.74, 6) is -0.423. The summed E-state index contributed by atoms with van der Waals surface area (Å²) in [5.41, 5.74) is 3.39. The lowest BCUT2D eigenvalue weighted by atomic mass is 10.0. The molecule has 0 aliphatic rings. The van der Waals surface area contributed by atoms with E-state index in [1.807, 2.05) is 50.2 Å². The Labute approximate surface area is 197 Å². The Morgan fingerprint density at radius 2 is 1.64 bits per heavy atom. The van der Waals surface area contributed by atoms with E-state index in [1.165, 1.54) is 11.9 Å². The SMILES string of the molecule is CC[C@H](C(=O)NC)N(Cc1ccccc1C)C(=O)CN(c1ccc(C(C)C)cc1)S(C)(=O)=O. The summed E-state index contributed by atoms with van der Waals surface area (Å²) >= 11 is 0. The highest BCUT2D eigenvalue weighted by atomic mass is 32.2. The molecule has 0 bridgehead atoms. The molecule has 7 nitrogen and oxygen atoms in total. The second-order valence-electron chi connectivity index (χ2n) is 8.50. The summed E-state index contributed by atoms with van der Waals surface area (Å²) in [6, 6.07) is 14.1. The first-order chi connectivity index (χ1) is 15.5. The number of carbonyl (C=O) groups is 2. The van der Waals surface area contributed by atoms with E-state index in [0.29, 0.717) is 18.0 Å². The maximum atomic E-state index is 13.5. The number of benzene rings is 2. The van der Waals surface area contributed by atoms with Gasteiger partial charge in [-0.3, -0.25) is 13.9 Å². The van der Waals surface area contributed by atoms with E-state index in [4.69, 9.17) is 0 Å². The lowest BCUT2D eigenvalue weighted by Gasteiger charge is -2.33. The van der Waals surface area contributed by atoms with Gasteiger partial charge in [0.1, 0.15) is 12.6 Å². The van der Waals surface area contributed by atoms with Crippen LogP contribution in [0.5, 0.6) is 0 Å². The van der Waals surface area contributed by atoms with Gasteiger partial charge in [-0.25, -0.2) is 8.42 Å². The van der Waals surface area contributed by atoms with E-state index in [-0.39, 0.29) is 19.0 Å². The Balaban J connectivity index is 2.43. The molecule has 0 aliphatic carbocycles. The molecular formula is C25H35N3O4S. The van der Waals surface area contributed by atoms with Crippen LogP contribution in [-0.2, 0) is 26.2 Å². The number of nitrogens with one attached hydrogen (secondary N) is 1. The zero-order valence-corrected chi connectivity index (χ0v) is 21.1. The van der Waals surface area contributed by atoms with E-state index in [1.54, 1.807) is 12.1 Å². The predicted octanol–water partition coefficient (Wildman–Crippen LogP) is 3.44. The first kappa shape index (κ1) is 26.4. The number of hydrogen-bond acceptors (Lipinski definition) is 4. The van der Waals surface area contributed by atoms with Gasteiger partial charge in [0.2, 0.25) is 21.8 Å². The zero-order valence-electron chi connectivity index (χ0n) is 20.3. The minimum absolute atomic E-state index is 0.210. The Hall–Kier alpha value is -2.87. The van der Waals surface area contributed by atoms with Crippen molar-refractivity contribution in [3.63, 3.8) is 0 Å². The number of likely N-dealkylation sites (N-methyl/N-ethyl adjacent to an activating group) is 1. The molecule has 0 unspecified atom stereocenters. The van der Waals surface area contributed by atoms with Gasteiger partial charge >= 0.3 is 0 Å². The molecule has 1 atom stereocenters. The average molecular weight is 474 g/mol. The number of hydrogen-bond donors (Lipinski definition) is 1. The van der Waals surface area contributed by atoms with E-state index in [0.717, 1.165) is 27.3 Å². The number of rotatable bonds is 10. The van der Waals surface area contributed by atoms with Crippen LogP contribution >= 0.6 is 0 Å². The van der Waals surface area contributed by atoms with E-state index >= 15 is 0 Å². The van der Waals surface area contributed by atoms with Crippen molar-refractivity contribution in [2.75, 3.05) is 24.2 Å². The van der Waals surface area contributed by atoms with Crippen molar-refractivity contribution in [1.29, 1.82) is 0 Å². The average Bonchev–Trinajstić information content (AvgIpc) is 2.77. The quantitative estimate of drug-likeness (QED) is 0.573. The summed E-state index contributed by atoms with van der Waals surface area (Å²) < 4.78 is 26.4. The van der Waals surface area contributed by atoms with Gasteiger partial charge < -0.3 is 10.2 Å². The largest absolute Gasteiger partial charge is 0.357 e. The Morgan fingerprint density at radius 1 is 1.03 bits per heavy atom. The van der Waals surface area contributed by atoms with Crippen LogP contribution in [0.4, 0.5) is 5.69 Å². The van der Waals surface area contributed by atoms with Gasteiger partial charge in [-0.05, 0) is 48.1 Å². The first-order valence-corrected chi connectivity index (χ1v) is 13.0. The molecule has 0 aromatic heterocycles. The standard InChI is InChI=1S/C25H35N3O4S/c1-7-23(25(30)26-5)27(16-21-11-9-8-10-19(21)4)24(29)17-28(33(6,31)32)22-14-12-20(13-15-22)18(2)3/h8-15,18,23H,7,16-17H2,1-6H3,(H,26,30)/t23-/m1/s1. The summed E-state index contributed by atoms with van der Waals surface area (Å²) in [4.78, 5) is 27.6. The topological polar surface area (TPSA) is 86.8 Å². The Morgan fingerprint density at radius 3 is 2.12 bits per heavy atom. The van der Waals surface area contributed by atoms with Crippen molar-refractivity contribution in [2.45, 2.75) is 52.6 Å². The molecule has 0 fully saturated rings. The smallest absolute Gasteiger partial charge is 0.244 e. The molecule has 2 rings (SSSR count). The molecule has 0 saturated heterocycles. The number of anilines is 1. The summed E-state index contributed by atoms with van der Waals surface area (Å²) in [7, 11) is -2.21. The third kappa shape index (κ3) is 6.81. The van der Waals surface area contributed by atoms with E-state index in [2.05, 4.69) is 19.2 Å². The van der Waals surface area contributed by atoms with Crippen LogP contribution in [0.15, 0.2) is 48.5 Å². The fourth-order valence-corrected chi connectivity index (χ4v) is 4.55. The fraction of sp³-hybridized carbons (Fsp3) is 0.440. The van der Waals surface area contributed by atoms with Crippen molar-refractivity contribution in [2.24, 2.45) is 0 Å². The molecule has 0 saturated carbocycles. The van der Waals surface area contributed by atoms with Crippen LogP contribution in [0.25, 0.3) is 0 Å². The monoisotopic (exact) mass is 473 g/mol. The van der Waals surface area contributed by atoms with E-state index < -0.39 is 22.0 Å². The highest BCUT2D eigenvalue weighted by Crippen LogP contribution is 2.23. The maximum absolute atomic E-state index is 13.5. The van der Waals surface area contributed by atoms with Crippen LogP contribution in [-0.4, -0.2) is 51.0 Å². The normalized spacial score (nSPS) is 12.3. The summed E-state index contributed by atoms with van der Waals surface area (Å²) in [5, 5.41) is 2.62. The van der Waals surface area contributed by atoms with Crippen LogP contribution in [0, 0.1) is 6.92 Å². The van der Waals surface area contributed by atoms with Crippen molar-refractivity contribution in [3.05, 3.63) is 65.2 Å². The first-order valence-electron chi connectivity index (χ1n) is 11.1. The van der Waals surface area contributed by atoms with Crippen LogP contribution in [0.2, 0.25) is 0 Å². The molecule has 1 N–H and O–H groups in total. The van der Waals surface area contributed by atoms with E-state index in [9.17, 15) is 18.0 Å². The molecule has 0 radical (unpaired) electrons. The molecule has 2 amide bonds. The van der Waals surface area contributed by atoms with Crippen molar-refractivity contribution < 1.29 is 18.0 Å². The summed E-state index contributed by atoms with van der Waals surface area (Å²) in [6.45, 7) is 7.70. The van der Waals surface area contributed by atoms with Crippen molar-refractivity contribution in [3.8, 4) is 0 Å². The number of nitrogens with zero attached hydrogens (tertiary/aromatic N) is 2. The molecule has 0 aliphatic heterocycles. The predicted molar refractivity (Wildman–Crippen MR) is 133 cm³/mol. The fourth-order valence-electron chi connectivity index (χ4n) is 3.70. The van der Waals surface area contributed by atoms with Gasteiger partial charge in [-0.15, -0.1) is 0 Å².